The van der Waals surface area contributed by atoms with Crippen LogP contribution in [-0.2, 0) is 9.84 Å². The van der Waals surface area contributed by atoms with Crippen molar-refractivity contribution in [3.05, 3.63) is 53.5 Å². The molecule has 3 aromatic rings. The molecule has 22 heavy (non-hydrogen) atoms. The number of hydrogen-bond acceptors (Lipinski definition) is 5. The number of nitrogens with one attached hydrogen (secondary N) is 1. The summed E-state index contributed by atoms with van der Waals surface area (Å²) in [6, 6.07) is 11.4. The SMILES string of the molecule is CS(=O)(=O)c1cccc(C(=O)Nc2ccc3scnc3c2)c1. The monoisotopic (exact) mass is 332 g/mol. The van der Waals surface area contributed by atoms with Gasteiger partial charge in [0.2, 0.25) is 0 Å². The number of fused-ring (bicyclic) bond motifs is 1. The van der Waals surface area contributed by atoms with Crippen LogP contribution in [0.1, 0.15) is 10.4 Å². The Kier molecular flexibility index (Phi) is 3.67. The van der Waals surface area contributed by atoms with E-state index in [1.807, 2.05) is 6.07 Å². The van der Waals surface area contributed by atoms with Gasteiger partial charge in [-0.2, -0.15) is 0 Å². The van der Waals surface area contributed by atoms with Crippen LogP contribution in [0.4, 0.5) is 5.69 Å². The third-order valence-corrected chi connectivity index (χ3v) is 5.03. The Hall–Kier alpha value is -2.25. The van der Waals surface area contributed by atoms with Crippen molar-refractivity contribution in [3.8, 4) is 0 Å². The highest BCUT2D eigenvalue weighted by Gasteiger charge is 2.12. The number of nitrogens with zero attached hydrogens (tertiary/aromatic N) is 1. The van der Waals surface area contributed by atoms with Gasteiger partial charge in [-0.3, -0.25) is 4.79 Å². The molecule has 3 rings (SSSR count). The molecule has 0 fully saturated rings. The first-order valence-electron chi connectivity index (χ1n) is 6.38. The normalized spacial score (nSPS) is 11.5. The number of aromatic nitrogens is 1. The molecule has 5 nitrogen and oxygen atoms in total. The van der Waals surface area contributed by atoms with E-state index in [-0.39, 0.29) is 10.8 Å². The van der Waals surface area contributed by atoms with Gasteiger partial charge in [0.15, 0.2) is 9.84 Å². The summed E-state index contributed by atoms with van der Waals surface area (Å²) in [5.41, 5.74) is 3.47. The molecule has 0 radical (unpaired) electrons. The average Bonchev–Trinajstić information content (AvgIpc) is 2.94. The van der Waals surface area contributed by atoms with Crippen LogP contribution in [-0.4, -0.2) is 25.6 Å². The van der Waals surface area contributed by atoms with Gasteiger partial charge in [0.05, 0.1) is 20.6 Å². The van der Waals surface area contributed by atoms with Gasteiger partial charge in [0, 0.05) is 17.5 Å². The standard InChI is InChI=1S/C15H12N2O3S2/c1-22(19,20)12-4-2-3-10(7-12)15(18)17-11-5-6-14-13(8-11)16-9-21-14/h2-9H,1H3,(H,17,18). The second-order valence-corrected chi connectivity index (χ2v) is 7.69. The molecule has 7 heteroatoms. The van der Waals surface area contributed by atoms with Crippen molar-refractivity contribution in [1.29, 1.82) is 0 Å². The molecule has 0 aliphatic carbocycles. The Balaban J connectivity index is 1.88. The van der Waals surface area contributed by atoms with Crippen molar-refractivity contribution in [2.45, 2.75) is 4.90 Å². The molecule has 112 valence electrons. The largest absolute Gasteiger partial charge is 0.322 e. The van der Waals surface area contributed by atoms with Gasteiger partial charge in [-0.05, 0) is 36.4 Å². The minimum Gasteiger partial charge on any atom is -0.322 e. The molecule has 0 unspecified atom stereocenters. The number of hydrogen-bond donors (Lipinski definition) is 1. The molecule has 0 saturated carbocycles. The van der Waals surface area contributed by atoms with E-state index in [1.54, 1.807) is 29.8 Å². The van der Waals surface area contributed by atoms with Gasteiger partial charge < -0.3 is 5.32 Å². The van der Waals surface area contributed by atoms with E-state index in [2.05, 4.69) is 10.3 Å². The Labute approximate surface area is 131 Å². The van der Waals surface area contributed by atoms with Crippen LogP contribution < -0.4 is 5.32 Å². The highest BCUT2D eigenvalue weighted by Crippen LogP contribution is 2.22. The number of thiazole rings is 1. The maximum absolute atomic E-state index is 12.2. The Bertz CT molecular complexity index is 962. The van der Waals surface area contributed by atoms with Gasteiger partial charge in [-0.25, -0.2) is 13.4 Å². The topological polar surface area (TPSA) is 76.1 Å². The maximum Gasteiger partial charge on any atom is 0.255 e. The van der Waals surface area contributed by atoms with Gasteiger partial charge in [-0.15, -0.1) is 11.3 Å². The van der Waals surface area contributed by atoms with E-state index >= 15 is 0 Å². The Morgan fingerprint density at radius 2 is 2.00 bits per heavy atom. The fourth-order valence-corrected chi connectivity index (χ4v) is 3.33. The fraction of sp³-hybridized carbons (Fsp3) is 0.0667. The quantitative estimate of drug-likeness (QED) is 0.800. The average molecular weight is 332 g/mol. The maximum atomic E-state index is 12.2. The predicted molar refractivity (Wildman–Crippen MR) is 87.1 cm³/mol. The summed E-state index contributed by atoms with van der Waals surface area (Å²) >= 11 is 1.53. The molecule has 1 aromatic heterocycles. The third kappa shape index (κ3) is 3.00. The lowest BCUT2D eigenvalue weighted by Gasteiger charge is -2.06. The fourth-order valence-electron chi connectivity index (χ4n) is 2.01. The van der Waals surface area contributed by atoms with Crippen LogP contribution in [0.5, 0.6) is 0 Å². The molecule has 0 bridgehead atoms. The van der Waals surface area contributed by atoms with Crippen molar-refractivity contribution in [3.63, 3.8) is 0 Å². The highest BCUT2D eigenvalue weighted by atomic mass is 32.2. The van der Waals surface area contributed by atoms with Crippen LogP contribution >= 0.6 is 11.3 Å². The van der Waals surface area contributed by atoms with Crippen LogP contribution in [0.2, 0.25) is 0 Å². The number of amides is 1. The lowest BCUT2D eigenvalue weighted by molar-refractivity contribution is 0.102. The lowest BCUT2D eigenvalue weighted by Crippen LogP contribution is -2.12. The summed E-state index contributed by atoms with van der Waals surface area (Å²) in [5, 5.41) is 2.75. The zero-order chi connectivity index (χ0) is 15.7. The summed E-state index contributed by atoms with van der Waals surface area (Å²) in [4.78, 5) is 16.6. The smallest absolute Gasteiger partial charge is 0.255 e. The van der Waals surface area contributed by atoms with Crippen molar-refractivity contribution >= 4 is 43.0 Å². The molecule has 0 spiro atoms. The van der Waals surface area contributed by atoms with Crippen molar-refractivity contribution in [1.82, 2.24) is 4.98 Å². The van der Waals surface area contributed by atoms with Crippen molar-refractivity contribution < 1.29 is 13.2 Å². The summed E-state index contributed by atoms with van der Waals surface area (Å²) < 4.78 is 24.1. The van der Waals surface area contributed by atoms with Gasteiger partial charge in [0.1, 0.15) is 0 Å². The number of sulfone groups is 1. The van der Waals surface area contributed by atoms with E-state index in [9.17, 15) is 13.2 Å². The summed E-state index contributed by atoms with van der Waals surface area (Å²) in [5.74, 6) is -0.361. The molecule has 0 aliphatic rings. The first-order chi connectivity index (χ1) is 10.4. The first-order valence-corrected chi connectivity index (χ1v) is 9.15. The van der Waals surface area contributed by atoms with Crippen LogP contribution in [0, 0.1) is 0 Å². The molecule has 0 aliphatic heterocycles. The summed E-state index contributed by atoms with van der Waals surface area (Å²) in [7, 11) is -3.34. The van der Waals surface area contributed by atoms with Gasteiger partial charge in [-0.1, -0.05) is 6.07 Å². The number of benzene rings is 2. The molecule has 1 amide bonds. The van der Waals surface area contributed by atoms with Crippen LogP contribution in [0.25, 0.3) is 10.2 Å². The van der Waals surface area contributed by atoms with Crippen LogP contribution in [0.3, 0.4) is 0 Å². The van der Waals surface area contributed by atoms with E-state index in [4.69, 9.17) is 0 Å². The predicted octanol–water partition coefficient (Wildman–Crippen LogP) is 2.95. The molecular weight excluding hydrogens is 320 g/mol. The van der Waals surface area contributed by atoms with E-state index in [0.29, 0.717) is 11.3 Å². The van der Waals surface area contributed by atoms with Crippen molar-refractivity contribution in [2.75, 3.05) is 11.6 Å². The summed E-state index contributed by atoms with van der Waals surface area (Å²) in [6.45, 7) is 0. The minimum absolute atomic E-state index is 0.120. The number of carbonyl (C=O) groups is 1. The van der Waals surface area contributed by atoms with E-state index < -0.39 is 9.84 Å². The minimum atomic E-state index is -3.34. The van der Waals surface area contributed by atoms with E-state index in [0.717, 1.165) is 16.5 Å². The number of anilines is 1. The highest BCUT2D eigenvalue weighted by molar-refractivity contribution is 7.90. The zero-order valence-electron chi connectivity index (χ0n) is 11.6. The Morgan fingerprint density at radius 3 is 2.77 bits per heavy atom. The lowest BCUT2D eigenvalue weighted by atomic mass is 10.2. The summed E-state index contributed by atoms with van der Waals surface area (Å²) in [6.07, 6.45) is 1.11. The second-order valence-electron chi connectivity index (χ2n) is 4.79. The van der Waals surface area contributed by atoms with Gasteiger partial charge >= 0.3 is 0 Å². The molecular formula is C15H12N2O3S2. The third-order valence-electron chi connectivity index (χ3n) is 3.11. The number of rotatable bonds is 3. The molecule has 2 aromatic carbocycles. The molecule has 1 heterocycles. The Morgan fingerprint density at radius 1 is 1.18 bits per heavy atom. The zero-order valence-corrected chi connectivity index (χ0v) is 13.2. The van der Waals surface area contributed by atoms with Crippen LogP contribution in [0.15, 0.2) is 52.9 Å². The first kappa shape index (κ1) is 14.7. The van der Waals surface area contributed by atoms with Crippen molar-refractivity contribution in [2.24, 2.45) is 0 Å². The van der Waals surface area contributed by atoms with Gasteiger partial charge in [0.25, 0.3) is 5.91 Å². The number of carbonyl (C=O) groups excluding carboxylic acids is 1. The second kappa shape index (κ2) is 5.51. The molecule has 0 atom stereocenters. The molecule has 0 saturated heterocycles. The molecule has 1 N–H and O–H groups in total. The van der Waals surface area contributed by atoms with E-state index in [1.165, 1.54) is 23.5 Å².